The molecule has 1 amide bonds. The Morgan fingerprint density at radius 1 is 1.57 bits per heavy atom. The second kappa shape index (κ2) is 6.28. The highest BCUT2D eigenvalue weighted by Gasteiger charge is 2.25. The molecule has 7 heteroatoms. The Kier molecular flexibility index (Phi) is 4.51. The van der Waals surface area contributed by atoms with Gasteiger partial charge in [-0.1, -0.05) is 18.7 Å². The Balaban J connectivity index is 2.16. The van der Waals surface area contributed by atoms with E-state index in [2.05, 4.69) is 6.92 Å². The van der Waals surface area contributed by atoms with E-state index in [0.717, 1.165) is 29.5 Å². The molecule has 3 rings (SSSR count). The van der Waals surface area contributed by atoms with Gasteiger partial charge in [-0.3, -0.25) is 14.2 Å². The van der Waals surface area contributed by atoms with Crippen LogP contribution in [0.4, 0.5) is 0 Å². The van der Waals surface area contributed by atoms with E-state index in [9.17, 15) is 9.59 Å². The van der Waals surface area contributed by atoms with Crippen molar-refractivity contribution in [1.82, 2.24) is 9.55 Å². The summed E-state index contributed by atoms with van der Waals surface area (Å²) in [5.41, 5.74) is 6.56. The second-order valence-corrected chi connectivity index (χ2v) is 8.53. The van der Waals surface area contributed by atoms with Crippen LogP contribution in [0.5, 0.6) is 0 Å². The number of rotatable bonds is 4. The predicted molar refractivity (Wildman–Crippen MR) is 95.3 cm³/mol. The lowest BCUT2D eigenvalue weighted by Gasteiger charge is -2.17. The standard InChI is InChI=1S/C16H21N3O2S2/c1-4-19-15(21)12-10-6-5-8(2)7-11(10)23-14(12)18-16(19)22-9(3)13(17)20/h8-9H,4-7H2,1-3H3,(H2,17,20)/t8-,9-/m0/s1. The zero-order valence-corrected chi connectivity index (χ0v) is 15.2. The van der Waals surface area contributed by atoms with Crippen molar-refractivity contribution in [1.29, 1.82) is 0 Å². The zero-order chi connectivity index (χ0) is 16.7. The van der Waals surface area contributed by atoms with Gasteiger partial charge in [-0.25, -0.2) is 4.98 Å². The molecule has 2 atom stereocenters. The van der Waals surface area contributed by atoms with Crippen LogP contribution in [-0.4, -0.2) is 20.7 Å². The molecule has 0 radical (unpaired) electrons. The van der Waals surface area contributed by atoms with E-state index in [1.165, 1.54) is 22.2 Å². The summed E-state index contributed by atoms with van der Waals surface area (Å²) in [5, 5.41) is 0.963. The molecule has 0 spiro atoms. The number of carbonyl (C=O) groups excluding carboxylic acids is 1. The van der Waals surface area contributed by atoms with E-state index in [-0.39, 0.29) is 5.56 Å². The van der Waals surface area contributed by atoms with E-state index in [1.807, 2.05) is 6.92 Å². The van der Waals surface area contributed by atoms with Crippen molar-refractivity contribution >= 4 is 39.2 Å². The summed E-state index contributed by atoms with van der Waals surface area (Å²) < 4.78 is 1.66. The molecule has 0 aliphatic heterocycles. The molecular formula is C16H21N3O2S2. The predicted octanol–water partition coefficient (Wildman–Crippen LogP) is 2.57. The van der Waals surface area contributed by atoms with E-state index in [0.29, 0.717) is 17.6 Å². The number of fused-ring (bicyclic) bond motifs is 3. The van der Waals surface area contributed by atoms with Crippen LogP contribution in [0.2, 0.25) is 0 Å². The number of aromatic nitrogens is 2. The summed E-state index contributed by atoms with van der Waals surface area (Å²) in [6.45, 7) is 6.46. The number of hydrogen-bond donors (Lipinski definition) is 1. The van der Waals surface area contributed by atoms with Crippen molar-refractivity contribution in [2.75, 3.05) is 0 Å². The highest BCUT2D eigenvalue weighted by Crippen LogP contribution is 2.36. The maximum absolute atomic E-state index is 12.9. The highest BCUT2D eigenvalue weighted by molar-refractivity contribution is 8.00. The largest absolute Gasteiger partial charge is 0.369 e. The smallest absolute Gasteiger partial charge is 0.263 e. The van der Waals surface area contributed by atoms with Crippen molar-refractivity contribution in [2.45, 2.75) is 57.0 Å². The van der Waals surface area contributed by atoms with Gasteiger partial charge in [0, 0.05) is 11.4 Å². The van der Waals surface area contributed by atoms with E-state index < -0.39 is 11.2 Å². The van der Waals surface area contributed by atoms with Gasteiger partial charge in [-0.2, -0.15) is 0 Å². The minimum Gasteiger partial charge on any atom is -0.369 e. The number of primary amides is 1. The molecule has 0 saturated carbocycles. The summed E-state index contributed by atoms with van der Waals surface area (Å²) >= 11 is 2.89. The van der Waals surface area contributed by atoms with Crippen molar-refractivity contribution < 1.29 is 4.79 Å². The average Bonchev–Trinajstić information content (AvgIpc) is 2.84. The molecule has 2 aromatic heterocycles. The molecule has 2 heterocycles. The number of thiophene rings is 1. The SMILES string of the molecule is CCn1c(S[C@@H](C)C(N)=O)nc2sc3c(c2c1=O)CC[C@H](C)C3. The first-order valence-electron chi connectivity index (χ1n) is 7.93. The first-order valence-corrected chi connectivity index (χ1v) is 9.63. The Labute approximate surface area is 143 Å². The van der Waals surface area contributed by atoms with Gasteiger partial charge in [0.25, 0.3) is 5.56 Å². The highest BCUT2D eigenvalue weighted by atomic mass is 32.2. The van der Waals surface area contributed by atoms with Crippen molar-refractivity contribution in [3.05, 3.63) is 20.8 Å². The van der Waals surface area contributed by atoms with Crippen molar-refractivity contribution in [3.8, 4) is 0 Å². The second-order valence-electron chi connectivity index (χ2n) is 6.14. The van der Waals surface area contributed by atoms with Crippen LogP contribution in [0.3, 0.4) is 0 Å². The van der Waals surface area contributed by atoms with Gasteiger partial charge in [-0.05, 0) is 44.6 Å². The fourth-order valence-electron chi connectivity index (χ4n) is 2.99. The number of nitrogens with two attached hydrogens (primary N) is 1. The lowest BCUT2D eigenvalue weighted by Crippen LogP contribution is -2.27. The third-order valence-electron chi connectivity index (χ3n) is 4.38. The zero-order valence-electron chi connectivity index (χ0n) is 13.6. The third kappa shape index (κ3) is 2.92. The quantitative estimate of drug-likeness (QED) is 0.678. The number of carbonyl (C=O) groups is 1. The van der Waals surface area contributed by atoms with Gasteiger partial charge in [0.1, 0.15) is 4.83 Å². The molecule has 2 N–H and O–H groups in total. The summed E-state index contributed by atoms with van der Waals surface area (Å²) in [5.74, 6) is 0.263. The fourth-order valence-corrected chi connectivity index (χ4v) is 5.34. The van der Waals surface area contributed by atoms with Crippen LogP contribution in [0.25, 0.3) is 10.2 Å². The number of aryl methyl sites for hydroxylation is 1. The monoisotopic (exact) mass is 351 g/mol. The van der Waals surface area contributed by atoms with Gasteiger partial charge in [0.15, 0.2) is 5.16 Å². The maximum atomic E-state index is 12.9. The molecule has 5 nitrogen and oxygen atoms in total. The molecule has 0 aromatic carbocycles. The maximum Gasteiger partial charge on any atom is 0.263 e. The molecule has 1 aliphatic rings. The van der Waals surface area contributed by atoms with Crippen LogP contribution in [0, 0.1) is 5.92 Å². The number of nitrogens with zero attached hydrogens (tertiary/aromatic N) is 2. The van der Waals surface area contributed by atoms with Crippen LogP contribution >= 0.6 is 23.1 Å². The Morgan fingerprint density at radius 2 is 2.30 bits per heavy atom. The normalized spacial score (nSPS) is 18.8. The number of thioether (sulfide) groups is 1. The molecule has 0 saturated heterocycles. The van der Waals surface area contributed by atoms with Gasteiger partial charge in [0.05, 0.1) is 10.6 Å². The molecule has 23 heavy (non-hydrogen) atoms. The van der Waals surface area contributed by atoms with Gasteiger partial charge in [0.2, 0.25) is 5.91 Å². The molecule has 0 bridgehead atoms. The summed E-state index contributed by atoms with van der Waals surface area (Å²) in [6, 6.07) is 0. The van der Waals surface area contributed by atoms with Crippen LogP contribution in [0.15, 0.2) is 9.95 Å². The summed E-state index contributed by atoms with van der Waals surface area (Å²) in [4.78, 5) is 31.1. The third-order valence-corrected chi connectivity index (χ3v) is 6.64. The first-order chi connectivity index (χ1) is 10.9. The fraction of sp³-hybridized carbons (Fsp3) is 0.562. The molecule has 0 unspecified atom stereocenters. The van der Waals surface area contributed by atoms with E-state index in [4.69, 9.17) is 10.7 Å². The lowest BCUT2D eigenvalue weighted by molar-refractivity contribution is -0.117. The summed E-state index contributed by atoms with van der Waals surface area (Å²) in [7, 11) is 0. The minimum absolute atomic E-state index is 0.0173. The van der Waals surface area contributed by atoms with E-state index in [1.54, 1.807) is 22.8 Å². The Hall–Kier alpha value is -1.34. The first kappa shape index (κ1) is 16.5. The van der Waals surface area contributed by atoms with Crippen molar-refractivity contribution in [3.63, 3.8) is 0 Å². The average molecular weight is 351 g/mol. The molecule has 124 valence electrons. The van der Waals surface area contributed by atoms with Gasteiger partial charge >= 0.3 is 0 Å². The van der Waals surface area contributed by atoms with Gasteiger partial charge in [-0.15, -0.1) is 11.3 Å². The Morgan fingerprint density at radius 3 is 2.96 bits per heavy atom. The Bertz CT molecular complexity index is 825. The topological polar surface area (TPSA) is 78.0 Å². The van der Waals surface area contributed by atoms with Crippen LogP contribution < -0.4 is 11.3 Å². The van der Waals surface area contributed by atoms with Crippen LogP contribution in [0.1, 0.15) is 37.6 Å². The molecule has 0 fully saturated rings. The van der Waals surface area contributed by atoms with Crippen molar-refractivity contribution in [2.24, 2.45) is 11.7 Å². The molecule has 2 aromatic rings. The van der Waals surface area contributed by atoms with Gasteiger partial charge < -0.3 is 5.73 Å². The number of hydrogen-bond acceptors (Lipinski definition) is 5. The minimum atomic E-state index is -0.410. The number of amides is 1. The molecular weight excluding hydrogens is 330 g/mol. The molecule has 1 aliphatic carbocycles. The van der Waals surface area contributed by atoms with E-state index >= 15 is 0 Å². The summed E-state index contributed by atoms with van der Waals surface area (Å²) in [6.07, 6.45) is 3.11. The van der Waals surface area contributed by atoms with Crippen LogP contribution in [-0.2, 0) is 24.2 Å². The lowest BCUT2D eigenvalue weighted by atomic mass is 9.89.